The molecule has 0 aromatic rings. The first kappa shape index (κ1) is 31.0. The highest BCUT2D eigenvalue weighted by Crippen LogP contribution is 2.45. The van der Waals surface area contributed by atoms with Crippen molar-refractivity contribution in [1.82, 2.24) is 14.7 Å². The average Bonchev–Trinajstić information content (AvgIpc) is 2.69. The van der Waals surface area contributed by atoms with Crippen molar-refractivity contribution in [3.05, 3.63) is 0 Å². The summed E-state index contributed by atoms with van der Waals surface area (Å²) in [4.78, 5) is 32.2. The molecule has 0 aliphatic carbocycles. The number of unbranched alkanes of at least 4 members (excludes halogenated alkanes) is 1. The van der Waals surface area contributed by atoms with Crippen LogP contribution in [0.15, 0.2) is 0 Å². The molecule has 2 rings (SSSR count). The molecule has 0 radical (unpaired) electrons. The number of β-amino-alcohol motifs (C(OH)–C–C–N with tert-alkyl or cyclic N) is 2. The standard InChI is InChI=1S/C28H54N4O4/c1-25(2)17-21(18-26(3,4)30(25)13-15-33)32(24(36)12-10-9-11-23(29)35)22-19-27(5,6)31(14-16-34)28(7,8)20-22/h21-22,33-34H,9-20H2,1-8H3,(H2,29,35). The van der Waals surface area contributed by atoms with Crippen LogP contribution in [0.3, 0.4) is 0 Å². The second-order valence-corrected chi connectivity index (χ2v) is 13.6. The first-order chi connectivity index (χ1) is 16.5. The van der Waals surface area contributed by atoms with E-state index in [1.54, 1.807) is 0 Å². The SMILES string of the molecule is CC1(C)CC(N(C(=O)CCCCC(N)=O)C2CC(C)(C)N(CCO)C(C)(C)C2)CC(C)(C)N1CCO. The number of nitrogens with two attached hydrogens (primary N) is 1. The third-order valence-corrected chi connectivity index (χ3v) is 8.65. The second-order valence-electron chi connectivity index (χ2n) is 13.6. The Morgan fingerprint density at radius 1 is 0.722 bits per heavy atom. The van der Waals surface area contributed by atoms with Crippen molar-refractivity contribution in [2.24, 2.45) is 5.73 Å². The fourth-order valence-electron chi connectivity index (χ4n) is 7.74. The van der Waals surface area contributed by atoms with Crippen LogP contribution in [0.1, 0.15) is 107 Å². The smallest absolute Gasteiger partial charge is 0.223 e. The Kier molecular flexibility index (Phi) is 10.0. The zero-order valence-corrected chi connectivity index (χ0v) is 24.3. The van der Waals surface area contributed by atoms with Gasteiger partial charge in [-0.05, 0) is 93.9 Å². The summed E-state index contributed by atoms with van der Waals surface area (Å²) in [6.07, 6.45) is 5.41. The van der Waals surface area contributed by atoms with Gasteiger partial charge in [-0.1, -0.05) is 0 Å². The van der Waals surface area contributed by atoms with Gasteiger partial charge in [0, 0.05) is 60.2 Å². The monoisotopic (exact) mass is 510 g/mol. The Bertz CT molecular complexity index is 683. The van der Waals surface area contributed by atoms with E-state index >= 15 is 0 Å². The van der Waals surface area contributed by atoms with Gasteiger partial charge < -0.3 is 20.8 Å². The third kappa shape index (κ3) is 7.21. The fourth-order valence-corrected chi connectivity index (χ4v) is 7.74. The molecule has 0 atom stereocenters. The molecule has 2 fully saturated rings. The molecular formula is C28H54N4O4. The lowest BCUT2D eigenvalue weighted by Crippen LogP contribution is -2.69. The number of carbonyl (C=O) groups excluding carboxylic acids is 2. The molecule has 0 saturated carbocycles. The number of piperidine rings is 2. The van der Waals surface area contributed by atoms with Crippen LogP contribution in [0, 0.1) is 0 Å². The molecule has 210 valence electrons. The lowest BCUT2D eigenvalue weighted by Gasteiger charge is -2.61. The van der Waals surface area contributed by atoms with Crippen molar-refractivity contribution in [3.8, 4) is 0 Å². The van der Waals surface area contributed by atoms with E-state index in [-0.39, 0.29) is 59.3 Å². The van der Waals surface area contributed by atoms with Crippen molar-refractivity contribution in [1.29, 1.82) is 0 Å². The molecule has 2 saturated heterocycles. The maximum absolute atomic E-state index is 13.9. The van der Waals surface area contributed by atoms with Gasteiger partial charge in [0.2, 0.25) is 11.8 Å². The van der Waals surface area contributed by atoms with Crippen LogP contribution in [0.5, 0.6) is 0 Å². The molecule has 2 aliphatic heterocycles. The Hall–Kier alpha value is -1.22. The van der Waals surface area contributed by atoms with E-state index in [4.69, 9.17) is 5.73 Å². The van der Waals surface area contributed by atoms with E-state index in [2.05, 4.69) is 70.1 Å². The Morgan fingerprint density at radius 2 is 1.06 bits per heavy atom. The summed E-state index contributed by atoms with van der Waals surface area (Å²) in [5.41, 5.74) is 4.66. The minimum absolute atomic E-state index is 0.0922. The van der Waals surface area contributed by atoms with Crippen LogP contribution in [0.4, 0.5) is 0 Å². The predicted octanol–water partition coefficient (Wildman–Crippen LogP) is 2.89. The van der Waals surface area contributed by atoms with Gasteiger partial charge in [-0.3, -0.25) is 19.4 Å². The number of aliphatic hydroxyl groups excluding tert-OH is 2. The number of hydrogen-bond donors (Lipinski definition) is 3. The minimum Gasteiger partial charge on any atom is -0.395 e. The maximum atomic E-state index is 13.9. The summed E-state index contributed by atoms with van der Waals surface area (Å²) in [5.74, 6) is -0.155. The average molecular weight is 511 g/mol. The number of hydrogen-bond acceptors (Lipinski definition) is 6. The number of primary amides is 1. The summed E-state index contributed by atoms with van der Waals surface area (Å²) in [6, 6.07) is 0.184. The number of amides is 2. The van der Waals surface area contributed by atoms with Gasteiger partial charge in [-0.2, -0.15) is 0 Å². The maximum Gasteiger partial charge on any atom is 0.223 e. The third-order valence-electron chi connectivity index (χ3n) is 8.65. The Labute approximate surface area is 219 Å². The van der Waals surface area contributed by atoms with Crippen LogP contribution in [0.25, 0.3) is 0 Å². The molecule has 0 aromatic carbocycles. The van der Waals surface area contributed by atoms with Crippen molar-refractivity contribution in [2.75, 3.05) is 26.3 Å². The van der Waals surface area contributed by atoms with Crippen molar-refractivity contribution in [2.45, 2.75) is 141 Å². The van der Waals surface area contributed by atoms with Gasteiger partial charge in [-0.15, -0.1) is 0 Å². The van der Waals surface area contributed by atoms with E-state index in [1.807, 2.05) is 0 Å². The van der Waals surface area contributed by atoms with E-state index in [0.717, 1.165) is 25.7 Å². The molecule has 8 heteroatoms. The Morgan fingerprint density at radius 3 is 1.36 bits per heavy atom. The molecule has 0 bridgehead atoms. The molecule has 2 amide bonds. The van der Waals surface area contributed by atoms with Gasteiger partial charge in [0.05, 0.1) is 13.2 Å². The molecule has 8 nitrogen and oxygen atoms in total. The molecule has 4 N–H and O–H groups in total. The lowest BCUT2D eigenvalue weighted by atomic mass is 9.73. The first-order valence-electron chi connectivity index (χ1n) is 13.9. The highest BCUT2D eigenvalue weighted by atomic mass is 16.3. The van der Waals surface area contributed by atoms with Crippen LogP contribution < -0.4 is 5.73 Å². The normalized spacial score (nSPS) is 24.5. The summed E-state index contributed by atoms with van der Waals surface area (Å²) >= 11 is 0. The number of aliphatic hydroxyl groups is 2. The first-order valence-corrected chi connectivity index (χ1v) is 13.9. The van der Waals surface area contributed by atoms with Gasteiger partial charge >= 0.3 is 0 Å². The molecule has 0 spiro atoms. The number of nitrogens with zero attached hydrogens (tertiary/aromatic N) is 3. The summed E-state index contributed by atoms with van der Waals surface area (Å²) in [7, 11) is 0. The van der Waals surface area contributed by atoms with E-state index < -0.39 is 0 Å². The molecule has 2 heterocycles. The highest BCUT2D eigenvalue weighted by Gasteiger charge is 2.52. The largest absolute Gasteiger partial charge is 0.395 e. The molecule has 0 aromatic heterocycles. The van der Waals surface area contributed by atoms with Gasteiger partial charge in [0.25, 0.3) is 0 Å². The van der Waals surface area contributed by atoms with E-state index in [0.29, 0.717) is 38.8 Å². The summed E-state index contributed by atoms with van der Waals surface area (Å²) in [5, 5.41) is 19.5. The number of rotatable bonds is 11. The van der Waals surface area contributed by atoms with Gasteiger partial charge in [0.1, 0.15) is 0 Å². The van der Waals surface area contributed by atoms with E-state index in [1.165, 1.54) is 0 Å². The van der Waals surface area contributed by atoms with Crippen molar-refractivity contribution < 1.29 is 19.8 Å². The van der Waals surface area contributed by atoms with Crippen molar-refractivity contribution >= 4 is 11.8 Å². The van der Waals surface area contributed by atoms with Crippen molar-refractivity contribution in [3.63, 3.8) is 0 Å². The number of carbonyl (C=O) groups is 2. The lowest BCUT2D eigenvalue weighted by molar-refractivity contribution is -0.152. The quantitative estimate of drug-likeness (QED) is 0.369. The van der Waals surface area contributed by atoms with Crippen LogP contribution >= 0.6 is 0 Å². The zero-order valence-electron chi connectivity index (χ0n) is 24.3. The van der Waals surface area contributed by atoms with Gasteiger partial charge in [-0.25, -0.2) is 0 Å². The highest BCUT2D eigenvalue weighted by molar-refractivity contribution is 5.77. The van der Waals surface area contributed by atoms with E-state index in [9.17, 15) is 19.8 Å². The summed E-state index contributed by atoms with van der Waals surface area (Å²) < 4.78 is 0. The number of likely N-dealkylation sites (tertiary alicyclic amines) is 2. The minimum atomic E-state index is -0.321. The molecule has 36 heavy (non-hydrogen) atoms. The summed E-state index contributed by atoms with van der Waals surface area (Å²) in [6.45, 7) is 19.3. The fraction of sp³-hybridized carbons (Fsp3) is 0.929. The predicted molar refractivity (Wildman–Crippen MR) is 144 cm³/mol. The molecule has 2 aliphatic rings. The van der Waals surface area contributed by atoms with Crippen LogP contribution in [-0.2, 0) is 9.59 Å². The Balaban J connectivity index is 2.40. The molecule has 0 unspecified atom stereocenters. The zero-order chi connectivity index (χ0) is 27.5. The van der Waals surface area contributed by atoms with Crippen LogP contribution in [-0.4, -0.2) is 97.3 Å². The molecular weight excluding hydrogens is 456 g/mol. The van der Waals surface area contributed by atoms with Crippen LogP contribution in [0.2, 0.25) is 0 Å². The topological polar surface area (TPSA) is 110 Å². The second kappa shape index (κ2) is 11.7. The van der Waals surface area contributed by atoms with Gasteiger partial charge in [0.15, 0.2) is 0 Å².